The second-order valence-electron chi connectivity index (χ2n) is 4.97. The van der Waals surface area contributed by atoms with E-state index < -0.39 is 0 Å². The number of carbonyl (C=O) groups is 2. The minimum atomic E-state index is 0.0475. The van der Waals surface area contributed by atoms with Crippen molar-refractivity contribution in [3.63, 3.8) is 0 Å². The van der Waals surface area contributed by atoms with Gasteiger partial charge in [0.05, 0.1) is 13.1 Å². The number of nitrogens with one attached hydrogen (secondary N) is 3. The van der Waals surface area contributed by atoms with Crippen molar-refractivity contribution in [3.8, 4) is 0 Å². The molecule has 110 valence electrons. The van der Waals surface area contributed by atoms with Gasteiger partial charge in [0.15, 0.2) is 0 Å². The zero-order valence-corrected chi connectivity index (χ0v) is 12.0. The van der Waals surface area contributed by atoms with Gasteiger partial charge in [0.25, 0.3) is 0 Å². The second-order valence-corrected chi connectivity index (χ2v) is 4.97. The number of likely N-dealkylation sites (tertiary alicyclic amines) is 1. The van der Waals surface area contributed by atoms with E-state index in [2.05, 4.69) is 27.8 Å². The Bertz CT molecular complexity index is 288. The van der Waals surface area contributed by atoms with Gasteiger partial charge < -0.3 is 16.0 Å². The van der Waals surface area contributed by atoms with Gasteiger partial charge in [-0.2, -0.15) is 0 Å². The number of hydrogen-bond donors (Lipinski definition) is 3. The molecule has 1 heterocycles. The van der Waals surface area contributed by atoms with E-state index in [0.29, 0.717) is 13.1 Å². The molecule has 0 aromatic rings. The van der Waals surface area contributed by atoms with Gasteiger partial charge in [-0.25, -0.2) is 0 Å². The Morgan fingerprint density at radius 3 is 2.47 bits per heavy atom. The Hall–Kier alpha value is -1.14. The highest BCUT2D eigenvalue weighted by atomic mass is 16.2. The number of carbonyl (C=O) groups excluding carboxylic acids is 2. The van der Waals surface area contributed by atoms with Gasteiger partial charge in [0, 0.05) is 26.2 Å². The Balaban J connectivity index is 2.15. The first kappa shape index (κ1) is 15.9. The summed E-state index contributed by atoms with van der Waals surface area (Å²) in [4.78, 5) is 25.0. The molecule has 1 aliphatic heterocycles. The highest BCUT2D eigenvalue weighted by molar-refractivity contribution is 5.78. The van der Waals surface area contributed by atoms with Gasteiger partial charge >= 0.3 is 0 Å². The molecule has 0 aromatic carbocycles. The van der Waals surface area contributed by atoms with Crippen molar-refractivity contribution in [1.82, 2.24) is 20.9 Å². The van der Waals surface area contributed by atoms with Crippen molar-refractivity contribution in [2.75, 3.05) is 39.8 Å². The molecule has 0 atom stereocenters. The van der Waals surface area contributed by atoms with Crippen LogP contribution in [-0.4, -0.2) is 62.5 Å². The largest absolute Gasteiger partial charge is 0.358 e. The maximum absolute atomic E-state index is 11.6. The fraction of sp³-hybridized carbons (Fsp3) is 0.846. The van der Waals surface area contributed by atoms with E-state index in [0.717, 1.165) is 38.9 Å². The summed E-state index contributed by atoms with van der Waals surface area (Å²) < 4.78 is 0. The van der Waals surface area contributed by atoms with Crippen molar-refractivity contribution in [2.45, 2.75) is 32.2 Å². The molecule has 1 fully saturated rings. The lowest BCUT2D eigenvalue weighted by Crippen LogP contribution is -2.48. The van der Waals surface area contributed by atoms with Crippen molar-refractivity contribution < 1.29 is 9.59 Å². The first-order chi connectivity index (χ1) is 9.15. The molecule has 0 aromatic heterocycles. The summed E-state index contributed by atoms with van der Waals surface area (Å²) in [5.41, 5.74) is 0. The summed E-state index contributed by atoms with van der Waals surface area (Å²) in [7, 11) is 1.65. The smallest absolute Gasteiger partial charge is 0.234 e. The fourth-order valence-corrected chi connectivity index (χ4v) is 2.17. The Kier molecular flexibility index (Phi) is 7.43. The predicted octanol–water partition coefficient (Wildman–Crippen LogP) is -0.687. The van der Waals surface area contributed by atoms with E-state index >= 15 is 0 Å². The van der Waals surface area contributed by atoms with E-state index in [9.17, 15) is 9.59 Å². The average molecular weight is 270 g/mol. The molecule has 0 bridgehead atoms. The van der Waals surface area contributed by atoms with Crippen molar-refractivity contribution in [3.05, 3.63) is 0 Å². The van der Waals surface area contributed by atoms with Crippen LogP contribution in [0.15, 0.2) is 0 Å². The van der Waals surface area contributed by atoms with E-state index in [1.165, 1.54) is 0 Å². The predicted molar refractivity (Wildman–Crippen MR) is 74.8 cm³/mol. The summed E-state index contributed by atoms with van der Waals surface area (Å²) in [6.45, 7) is 5.52. The highest BCUT2D eigenvalue weighted by Gasteiger charge is 2.21. The average Bonchev–Trinajstić information content (AvgIpc) is 2.41. The van der Waals surface area contributed by atoms with Gasteiger partial charge in [0.1, 0.15) is 0 Å². The van der Waals surface area contributed by atoms with Crippen molar-refractivity contribution in [2.24, 2.45) is 0 Å². The van der Waals surface area contributed by atoms with Gasteiger partial charge in [-0.1, -0.05) is 6.92 Å². The van der Waals surface area contributed by atoms with Crippen LogP contribution < -0.4 is 16.0 Å². The number of amides is 2. The van der Waals surface area contributed by atoms with Crippen LogP contribution in [0.4, 0.5) is 0 Å². The topological polar surface area (TPSA) is 73.5 Å². The molecule has 1 aliphatic rings. The summed E-state index contributed by atoms with van der Waals surface area (Å²) in [5.74, 6) is 0.115. The first-order valence-electron chi connectivity index (χ1n) is 7.08. The number of hydrogen-bond acceptors (Lipinski definition) is 4. The zero-order chi connectivity index (χ0) is 14.1. The molecule has 0 saturated carbocycles. The molecule has 0 unspecified atom stereocenters. The van der Waals surface area contributed by atoms with Crippen molar-refractivity contribution in [1.29, 1.82) is 0 Å². The monoisotopic (exact) mass is 270 g/mol. The van der Waals surface area contributed by atoms with Crippen LogP contribution in [0.5, 0.6) is 0 Å². The number of rotatable bonds is 7. The third-order valence-electron chi connectivity index (χ3n) is 3.31. The van der Waals surface area contributed by atoms with E-state index in [4.69, 9.17) is 0 Å². The van der Waals surface area contributed by atoms with E-state index in [1.54, 1.807) is 7.05 Å². The Morgan fingerprint density at radius 1 is 1.21 bits per heavy atom. The summed E-state index contributed by atoms with van der Waals surface area (Å²) >= 11 is 0. The van der Waals surface area contributed by atoms with Crippen molar-refractivity contribution >= 4 is 11.8 Å². The number of likely N-dealkylation sites (N-methyl/N-ethyl adjacent to an activating group) is 1. The minimum Gasteiger partial charge on any atom is -0.358 e. The van der Waals surface area contributed by atoms with Crippen LogP contribution in [0.25, 0.3) is 0 Å². The first-order valence-corrected chi connectivity index (χ1v) is 7.08. The fourth-order valence-electron chi connectivity index (χ4n) is 2.17. The van der Waals surface area contributed by atoms with Crippen LogP contribution in [0.2, 0.25) is 0 Å². The number of piperidine rings is 1. The normalized spacial score (nSPS) is 17.2. The van der Waals surface area contributed by atoms with Crippen LogP contribution >= 0.6 is 0 Å². The van der Waals surface area contributed by atoms with E-state index in [-0.39, 0.29) is 17.9 Å². The lowest BCUT2D eigenvalue weighted by Gasteiger charge is -2.31. The Labute approximate surface area is 115 Å². The van der Waals surface area contributed by atoms with Gasteiger partial charge in [0.2, 0.25) is 11.8 Å². The molecule has 6 heteroatoms. The molecule has 0 spiro atoms. The van der Waals surface area contributed by atoms with Gasteiger partial charge in [-0.05, 0) is 25.8 Å². The quantitative estimate of drug-likeness (QED) is 0.536. The van der Waals surface area contributed by atoms with Crippen LogP contribution in [0, 0.1) is 0 Å². The minimum absolute atomic E-state index is 0.0475. The summed E-state index contributed by atoms with van der Waals surface area (Å²) in [6.07, 6.45) is 2.86. The van der Waals surface area contributed by atoms with Crippen LogP contribution in [0.3, 0.4) is 0 Å². The second kappa shape index (κ2) is 8.87. The lowest BCUT2D eigenvalue weighted by molar-refractivity contribution is -0.123. The lowest BCUT2D eigenvalue weighted by atomic mass is 10.1. The molecule has 1 saturated heterocycles. The Morgan fingerprint density at radius 2 is 1.89 bits per heavy atom. The van der Waals surface area contributed by atoms with Gasteiger partial charge in [-0.15, -0.1) is 0 Å². The molecular weight excluding hydrogens is 244 g/mol. The molecular formula is C13H26N4O2. The van der Waals surface area contributed by atoms with Crippen LogP contribution in [-0.2, 0) is 9.59 Å². The maximum Gasteiger partial charge on any atom is 0.234 e. The van der Waals surface area contributed by atoms with Crippen LogP contribution in [0.1, 0.15) is 26.2 Å². The number of nitrogens with zero attached hydrogens (tertiary/aromatic N) is 1. The molecule has 6 nitrogen and oxygen atoms in total. The molecule has 2 amide bonds. The maximum atomic E-state index is 11.6. The molecule has 0 aliphatic carbocycles. The summed E-state index contributed by atoms with van der Waals surface area (Å²) in [6, 6.07) is 0.247. The third kappa shape index (κ3) is 6.54. The van der Waals surface area contributed by atoms with E-state index in [1.807, 2.05) is 0 Å². The molecule has 0 radical (unpaired) electrons. The van der Waals surface area contributed by atoms with Gasteiger partial charge in [-0.3, -0.25) is 14.5 Å². The molecule has 19 heavy (non-hydrogen) atoms. The summed E-state index contributed by atoms with van der Waals surface area (Å²) in [5, 5.41) is 8.75. The zero-order valence-electron chi connectivity index (χ0n) is 12.0. The molecule has 1 rings (SSSR count). The molecule has 3 N–H and O–H groups in total. The third-order valence-corrected chi connectivity index (χ3v) is 3.31. The standard InChI is InChI=1S/C13H26N4O2/c1-3-6-15-9-12(18)16-11-4-7-17(8-5-11)10-13(19)14-2/h11,15H,3-10H2,1-2H3,(H,14,19)(H,16,18). The highest BCUT2D eigenvalue weighted by Crippen LogP contribution is 2.09. The SMILES string of the molecule is CCCNCC(=O)NC1CCN(CC(=O)NC)CC1.